The predicted molar refractivity (Wildman–Crippen MR) is 109 cm³/mol. The van der Waals surface area contributed by atoms with Crippen LogP contribution in [-0.4, -0.2) is 68.1 Å². The van der Waals surface area contributed by atoms with Crippen molar-refractivity contribution >= 4 is 11.6 Å². The van der Waals surface area contributed by atoms with Crippen molar-refractivity contribution in [2.45, 2.75) is 31.6 Å². The zero-order valence-electron chi connectivity index (χ0n) is 16.4. The number of anilines is 1. The lowest BCUT2D eigenvalue weighted by molar-refractivity contribution is 0.0982. The van der Waals surface area contributed by atoms with Crippen LogP contribution in [0.5, 0.6) is 0 Å². The summed E-state index contributed by atoms with van der Waals surface area (Å²) in [5.41, 5.74) is 21.2. The van der Waals surface area contributed by atoms with E-state index in [0.29, 0.717) is 5.96 Å². The molecule has 1 atom stereocenters. The third-order valence-corrected chi connectivity index (χ3v) is 6.17. The minimum Gasteiger partial charge on any atom is -0.371 e. The van der Waals surface area contributed by atoms with Gasteiger partial charge < -0.3 is 15.5 Å². The van der Waals surface area contributed by atoms with Crippen LogP contribution in [0.3, 0.4) is 0 Å². The molecule has 6 N–H and O–H groups in total. The van der Waals surface area contributed by atoms with E-state index in [9.17, 15) is 0 Å². The van der Waals surface area contributed by atoms with Gasteiger partial charge in [0.2, 0.25) is 11.7 Å². The second-order valence-electron chi connectivity index (χ2n) is 8.07. The number of nitrogens with two attached hydrogens (primary N) is 2. The number of nitrogens with one attached hydrogen (secondary N) is 2. The first-order valence-corrected chi connectivity index (χ1v) is 9.91. The van der Waals surface area contributed by atoms with Crippen molar-refractivity contribution in [3.8, 4) is 0 Å². The smallest absolute Gasteiger partial charge is 0.209 e. The van der Waals surface area contributed by atoms with Crippen LogP contribution in [0.25, 0.3) is 0 Å². The number of piperidine rings is 1. The first kappa shape index (κ1) is 18.5. The molecular formula is C19H32N8. The standard InChI is InChI=1S/C19H32N8/c1-14-13-15(19(21)22-18(20)23-24-19)3-4-17(14)27-7-5-16(6-8-27)26-11-9-25(2)10-12-26/h3-4,13,16,24H,5-12,21H2,1-2H3,(H3,20,22,23). The van der Waals surface area contributed by atoms with Gasteiger partial charge in [-0.3, -0.25) is 16.1 Å². The molecule has 0 radical (unpaired) electrons. The molecule has 0 spiro atoms. The molecule has 27 heavy (non-hydrogen) atoms. The Labute approximate surface area is 161 Å². The Bertz CT molecular complexity index is 704. The lowest BCUT2D eigenvalue weighted by Gasteiger charge is -2.43. The van der Waals surface area contributed by atoms with Gasteiger partial charge in [-0.15, -0.1) is 0 Å². The fraction of sp³-hybridized carbons (Fsp3) is 0.632. The minimum atomic E-state index is -0.998. The van der Waals surface area contributed by atoms with E-state index in [1.54, 1.807) is 0 Å². The van der Waals surface area contributed by atoms with Crippen molar-refractivity contribution in [3.63, 3.8) is 0 Å². The molecule has 3 aliphatic rings. The third kappa shape index (κ3) is 3.75. The summed E-state index contributed by atoms with van der Waals surface area (Å²) in [6, 6.07) is 7.05. The summed E-state index contributed by atoms with van der Waals surface area (Å²) < 4.78 is 0. The van der Waals surface area contributed by atoms with Gasteiger partial charge in [-0.05, 0) is 44.5 Å². The summed E-state index contributed by atoms with van der Waals surface area (Å²) in [5.74, 6) is -0.688. The summed E-state index contributed by atoms with van der Waals surface area (Å²) >= 11 is 0. The molecule has 0 aliphatic carbocycles. The molecule has 0 bridgehead atoms. The van der Waals surface area contributed by atoms with Crippen LogP contribution in [0.15, 0.2) is 23.2 Å². The normalized spacial score (nSPS) is 28.3. The Kier molecular flexibility index (Phi) is 4.98. The Balaban J connectivity index is 1.40. The number of aliphatic imine (C=N–C) groups is 1. The summed E-state index contributed by atoms with van der Waals surface area (Å²) in [4.78, 5) is 11.9. The Morgan fingerprint density at radius 3 is 2.41 bits per heavy atom. The largest absolute Gasteiger partial charge is 0.371 e. The number of aryl methyl sites for hydroxylation is 1. The van der Waals surface area contributed by atoms with Crippen molar-refractivity contribution in [1.29, 1.82) is 0 Å². The number of piperazine rings is 1. The molecule has 0 saturated carbocycles. The molecule has 148 valence electrons. The average Bonchev–Trinajstić information content (AvgIpc) is 3.03. The van der Waals surface area contributed by atoms with Gasteiger partial charge in [0.15, 0.2) is 0 Å². The lowest BCUT2D eigenvalue weighted by Crippen LogP contribution is -2.52. The van der Waals surface area contributed by atoms with Gasteiger partial charge in [-0.1, -0.05) is 6.07 Å². The highest BCUT2D eigenvalue weighted by molar-refractivity contribution is 5.79. The van der Waals surface area contributed by atoms with Crippen LogP contribution in [-0.2, 0) is 5.79 Å². The Hall–Kier alpha value is -1.87. The van der Waals surface area contributed by atoms with Crippen LogP contribution in [0, 0.1) is 6.92 Å². The molecule has 0 aromatic heterocycles. The van der Waals surface area contributed by atoms with Crippen LogP contribution in [0.4, 0.5) is 5.69 Å². The number of benzene rings is 1. The summed E-state index contributed by atoms with van der Waals surface area (Å²) in [6.45, 7) is 9.15. The zero-order valence-corrected chi connectivity index (χ0v) is 16.4. The van der Waals surface area contributed by atoms with Crippen molar-refractivity contribution in [2.75, 3.05) is 51.2 Å². The number of nitrogens with zero attached hydrogens (tertiary/aromatic N) is 4. The topological polar surface area (TPSA) is 98.2 Å². The van der Waals surface area contributed by atoms with Crippen LogP contribution in [0.1, 0.15) is 24.0 Å². The van der Waals surface area contributed by atoms with E-state index in [4.69, 9.17) is 11.5 Å². The molecule has 8 nitrogen and oxygen atoms in total. The summed E-state index contributed by atoms with van der Waals surface area (Å²) in [5, 5.41) is 0. The molecule has 4 rings (SSSR count). The molecule has 2 saturated heterocycles. The number of hydrazine groups is 1. The van der Waals surface area contributed by atoms with Crippen LogP contribution in [0.2, 0.25) is 0 Å². The molecule has 1 aromatic carbocycles. The van der Waals surface area contributed by atoms with E-state index in [0.717, 1.165) is 24.7 Å². The number of likely N-dealkylation sites (N-methyl/N-ethyl adjacent to an activating group) is 1. The Morgan fingerprint density at radius 1 is 1.11 bits per heavy atom. The highest BCUT2D eigenvalue weighted by Crippen LogP contribution is 2.29. The lowest BCUT2D eigenvalue weighted by atomic mass is 9.99. The number of hydrogen-bond donors (Lipinski definition) is 4. The van der Waals surface area contributed by atoms with Crippen LogP contribution >= 0.6 is 0 Å². The van der Waals surface area contributed by atoms with Gasteiger partial charge >= 0.3 is 0 Å². The molecule has 1 unspecified atom stereocenters. The van der Waals surface area contributed by atoms with Gasteiger partial charge in [0.25, 0.3) is 0 Å². The van der Waals surface area contributed by atoms with E-state index < -0.39 is 5.79 Å². The van der Waals surface area contributed by atoms with Gasteiger partial charge in [-0.25, -0.2) is 4.99 Å². The van der Waals surface area contributed by atoms with E-state index in [1.807, 2.05) is 6.07 Å². The minimum absolute atomic E-state index is 0.310. The number of rotatable bonds is 3. The fourth-order valence-corrected chi connectivity index (χ4v) is 4.45. The highest BCUT2D eigenvalue weighted by Gasteiger charge is 2.32. The maximum atomic E-state index is 6.32. The molecule has 0 amide bonds. The van der Waals surface area contributed by atoms with E-state index >= 15 is 0 Å². The highest BCUT2D eigenvalue weighted by atomic mass is 15.6. The first-order valence-electron chi connectivity index (χ1n) is 9.91. The van der Waals surface area contributed by atoms with Crippen molar-refractivity contribution in [2.24, 2.45) is 16.5 Å². The van der Waals surface area contributed by atoms with Crippen molar-refractivity contribution in [1.82, 2.24) is 20.7 Å². The molecule has 1 aromatic rings. The molecule has 3 aliphatic heterocycles. The summed E-state index contributed by atoms with van der Waals surface area (Å²) in [7, 11) is 2.22. The van der Waals surface area contributed by atoms with E-state index in [-0.39, 0.29) is 0 Å². The molecule has 3 heterocycles. The van der Waals surface area contributed by atoms with Gasteiger partial charge in [0.1, 0.15) is 0 Å². The number of hydrogen-bond acceptors (Lipinski definition) is 8. The summed E-state index contributed by atoms with van der Waals surface area (Å²) in [6.07, 6.45) is 2.47. The fourth-order valence-electron chi connectivity index (χ4n) is 4.45. The predicted octanol–water partition coefficient (Wildman–Crippen LogP) is -0.297. The quantitative estimate of drug-likeness (QED) is 0.578. The second kappa shape index (κ2) is 7.27. The van der Waals surface area contributed by atoms with Gasteiger partial charge in [-0.2, -0.15) is 5.43 Å². The van der Waals surface area contributed by atoms with Crippen molar-refractivity contribution < 1.29 is 0 Å². The number of guanidine groups is 1. The maximum absolute atomic E-state index is 6.32. The molecular weight excluding hydrogens is 340 g/mol. The zero-order chi connectivity index (χ0) is 19.0. The maximum Gasteiger partial charge on any atom is 0.209 e. The van der Waals surface area contributed by atoms with E-state index in [2.05, 4.69) is 56.6 Å². The SMILES string of the molecule is Cc1cc(C2(N)N=C(N)NN2)ccc1N1CCC(N2CCN(C)CC2)CC1. The Morgan fingerprint density at radius 2 is 1.81 bits per heavy atom. The second-order valence-corrected chi connectivity index (χ2v) is 8.07. The van der Waals surface area contributed by atoms with Gasteiger partial charge in [0, 0.05) is 56.6 Å². The monoisotopic (exact) mass is 372 g/mol. The first-order chi connectivity index (χ1) is 12.9. The van der Waals surface area contributed by atoms with Crippen LogP contribution < -0.4 is 27.2 Å². The molecule has 8 heteroatoms. The third-order valence-electron chi connectivity index (χ3n) is 6.17. The van der Waals surface area contributed by atoms with E-state index in [1.165, 1.54) is 50.3 Å². The average molecular weight is 373 g/mol. The van der Waals surface area contributed by atoms with Crippen molar-refractivity contribution in [3.05, 3.63) is 29.3 Å². The van der Waals surface area contributed by atoms with Gasteiger partial charge in [0.05, 0.1) is 0 Å². The molecule has 2 fully saturated rings.